The maximum atomic E-state index is 13.1. The Kier molecular flexibility index (Phi) is 5.59. The number of nitrogens with one attached hydrogen (secondary N) is 1. The summed E-state index contributed by atoms with van der Waals surface area (Å²) in [6, 6.07) is 13.0. The Labute approximate surface area is 129 Å². The Morgan fingerprint density at radius 3 is 2.48 bits per heavy atom. The Hall–Kier alpha value is -1.58. The van der Waals surface area contributed by atoms with Crippen molar-refractivity contribution in [2.75, 3.05) is 7.05 Å². The molecule has 0 aliphatic carbocycles. The third-order valence-corrected chi connectivity index (χ3v) is 3.72. The Morgan fingerprint density at radius 1 is 1.19 bits per heavy atom. The standard InChI is InChI=1S/C17H19ClFNO/c1-3-17(20-2)13-5-7-14(8-6-13)21-11-12-4-9-16(19)15(18)10-12/h4-10,17,20H,3,11H2,1-2H3. The quantitative estimate of drug-likeness (QED) is 0.833. The van der Waals surface area contributed by atoms with Gasteiger partial charge in [0, 0.05) is 6.04 Å². The van der Waals surface area contributed by atoms with Gasteiger partial charge in [0.1, 0.15) is 18.2 Å². The highest BCUT2D eigenvalue weighted by Crippen LogP contribution is 2.21. The molecule has 1 atom stereocenters. The molecular weight excluding hydrogens is 289 g/mol. The molecule has 1 unspecified atom stereocenters. The molecule has 1 N–H and O–H groups in total. The van der Waals surface area contributed by atoms with Crippen LogP contribution in [0.25, 0.3) is 0 Å². The van der Waals surface area contributed by atoms with E-state index in [1.807, 2.05) is 19.2 Å². The minimum atomic E-state index is -0.414. The molecule has 0 heterocycles. The fraction of sp³-hybridized carbons (Fsp3) is 0.294. The molecule has 0 aromatic heterocycles. The number of halogens is 2. The van der Waals surface area contributed by atoms with E-state index in [0.717, 1.165) is 17.7 Å². The first-order chi connectivity index (χ1) is 10.1. The van der Waals surface area contributed by atoms with Gasteiger partial charge in [-0.3, -0.25) is 0 Å². The molecule has 0 spiro atoms. The van der Waals surface area contributed by atoms with Crippen LogP contribution < -0.4 is 10.1 Å². The zero-order chi connectivity index (χ0) is 15.2. The molecule has 2 rings (SSSR count). The molecule has 0 amide bonds. The zero-order valence-corrected chi connectivity index (χ0v) is 13.0. The van der Waals surface area contributed by atoms with Gasteiger partial charge in [0.05, 0.1) is 5.02 Å². The Balaban J connectivity index is 1.98. The van der Waals surface area contributed by atoms with Gasteiger partial charge in [-0.1, -0.05) is 36.7 Å². The van der Waals surface area contributed by atoms with Gasteiger partial charge < -0.3 is 10.1 Å². The maximum absolute atomic E-state index is 13.1. The molecule has 21 heavy (non-hydrogen) atoms. The summed E-state index contributed by atoms with van der Waals surface area (Å²) in [5.74, 6) is 0.368. The summed E-state index contributed by atoms with van der Waals surface area (Å²) in [7, 11) is 1.96. The molecule has 2 aromatic carbocycles. The van der Waals surface area contributed by atoms with E-state index < -0.39 is 5.82 Å². The van der Waals surface area contributed by atoms with Crippen LogP contribution in [-0.4, -0.2) is 7.05 Å². The van der Waals surface area contributed by atoms with Gasteiger partial charge in [-0.25, -0.2) is 4.39 Å². The Bertz CT molecular complexity index is 582. The van der Waals surface area contributed by atoms with Crippen molar-refractivity contribution in [3.63, 3.8) is 0 Å². The van der Waals surface area contributed by atoms with Gasteiger partial charge in [0.2, 0.25) is 0 Å². The topological polar surface area (TPSA) is 21.3 Å². The van der Waals surface area contributed by atoms with E-state index in [-0.39, 0.29) is 5.02 Å². The second-order valence-corrected chi connectivity index (χ2v) is 5.26. The monoisotopic (exact) mass is 307 g/mol. The predicted octanol–water partition coefficient (Wildman–Crippen LogP) is 4.73. The highest BCUT2D eigenvalue weighted by atomic mass is 35.5. The lowest BCUT2D eigenvalue weighted by molar-refractivity contribution is 0.306. The highest BCUT2D eigenvalue weighted by Gasteiger charge is 2.06. The molecule has 112 valence electrons. The van der Waals surface area contributed by atoms with Crippen molar-refractivity contribution in [2.45, 2.75) is 26.0 Å². The largest absolute Gasteiger partial charge is 0.489 e. The molecular formula is C17H19ClFNO. The normalized spacial score (nSPS) is 12.2. The van der Waals surface area contributed by atoms with Gasteiger partial charge in [-0.2, -0.15) is 0 Å². The number of benzene rings is 2. The molecule has 2 aromatic rings. The number of hydrogen-bond acceptors (Lipinski definition) is 2. The lowest BCUT2D eigenvalue weighted by Gasteiger charge is -2.15. The molecule has 0 bridgehead atoms. The molecule has 0 fully saturated rings. The van der Waals surface area contributed by atoms with Crippen LogP contribution in [0.5, 0.6) is 5.75 Å². The molecule has 0 radical (unpaired) electrons. The highest BCUT2D eigenvalue weighted by molar-refractivity contribution is 6.30. The minimum Gasteiger partial charge on any atom is -0.489 e. The fourth-order valence-corrected chi connectivity index (χ4v) is 2.40. The van der Waals surface area contributed by atoms with Crippen molar-refractivity contribution in [3.8, 4) is 5.75 Å². The Morgan fingerprint density at radius 2 is 1.90 bits per heavy atom. The fourth-order valence-electron chi connectivity index (χ4n) is 2.20. The van der Waals surface area contributed by atoms with Gasteiger partial charge in [0.15, 0.2) is 0 Å². The van der Waals surface area contributed by atoms with E-state index in [0.29, 0.717) is 12.6 Å². The first kappa shape index (κ1) is 15.8. The van der Waals surface area contributed by atoms with Crippen molar-refractivity contribution in [2.24, 2.45) is 0 Å². The lowest BCUT2D eigenvalue weighted by Crippen LogP contribution is -2.14. The lowest BCUT2D eigenvalue weighted by atomic mass is 10.0. The number of ether oxygens (including phenoxy) is 1. The van der Waals surface area contributed by atoms with Crippen LogP contribution in [0.3, 0.4) is 0 Å². The number of rotatable bonds is 6. The van der Waals surface area contributed by atoms with E-state index in [4.69, 9.17) is 16.3 Å². The van der Waals surface area contributed by atoms with Crippen LogP contribution in [-0.2, 0) is 6.61 Å². The van der Waals surface area contributed by atoms with E-state index in [2.05, 4.69) is 24.4 Å². The summed E-state index contributed by atoms with van der Waals surface area (Å²) < 4.78 is 18.8. The molecule has 0 saturated heterocycles. The van der Waals surface area contributed by atoms with Crippen LogP contribution in [0.4, 0.5) is 4.39 Å². The molecule has 4 heteroatoms. The smallest absolute Gasteiger partial charge is 0.141 e. The van der Waals surface area contributed by atoms with E-state index in [9.17, 15) is 4.39 Å². The third kappa shape index (κ3) is 4.19. The predicted molar refractivity (Wildman–Crippen MR) is 84.3 cm³/mol. The van der Waals surface area contributed by atoms with Gasteiger partial charge in [0.25, 0.3) is 0 Å². The average molecular weight is 308 g/mol. The van der Waals surface area contributed by atoms with Crippen molar-refractivity contribution in [1.82, 2.24) is 5.32 Å². The average Bonchev–Trinajstić information content (AvgIpc) is 2.51. The molecule has 0 aliphatic rings. The van der Waals surface area contributed by atoms with Crippen molar-refractivity contribution < 1.29 is 9.13 Å². The summed E-state index contributed by atoms with van der Waals surface area (Å²) in [6.07, 6.45) is 1.03. The summed E-state index contributed by atoms with van der Waals surface area (Å²) in [5, 5.41) is 3.38. The van der Waals surface area contributed by atoms with Crippen LogP contribution in [0, 0.1) is 5.82 Å². The summed E-state index contributed by atoms with van der Waals surface area (Å²) in [4.78, 5) is 0. The van der Waals surface area contributed by atoms with E-state index in [1.165, 1.54) is 11.6 Å². The van der Waals surface area contributed by atoms with Crippen molar-refractivity contribution in [1.29, 1.82) is 0 Å². The van der Waals surface area contributed by atoms with Crippen LogP contribution in [0.2, 0.25) is 5.02 Å². The van der Waals surface area contributed by atoms with Gasteiger partial charge >= 0.3 is 0 Å². The van der Waals surface area contributed by atoms with Crippen molar-refractivity contribution >= 4 is 11.6 Å². The second-order valence-electron chi connectivity index (χ2n) is 4.86. The summed E-state index contributed by atoms with van der Waals surface area (Å²) in [5.41, 5.74) is 2.07. The molecule has 0 saturated carbocycles. The van der Waals surface area contributed by atoms with Crippen molar-refractivity contribution in [3.05, 3.63) is 64.4 Å². The van der Waals surface area contributed by atoms with E-state index >= 15 is 0 Å². The van der Waals surface area contributed by atoms with Gasteiger partial charge in [-0.05, 0) is 48.9 Å². The SMILES string of the molecule is CCC(NC)c1ccc(OCc2ccc(F)c(Cl)c2)cc1. The third-order valence-electron chi connectivity index (χ3n) is 3.43. The second kappa shape index (κ2) is 7.43. The first-order valence-electron chi connectivity index (χ1n) is 6.98. The van der Waals surface area contributed by atoms with Gasteiger partial charge in [-0.15, -0.1) is 0 Å². The van der Waals surface area contributed by atoms with Crippen LogP contribution >= 0.6 is 11.6 Å². The molecule has 2 nitrogen and oxygen atoms in total. The summed E-state index contributed by atoms with van der Waals surface area (Å²) >= 11 is 5.75. The van der Waals surface area contributed by atoms with Crippen LogP contribution in [0.1, 0.15) is 30.5 Å². The summed E-state index contributed by atoms with van der Waals surface area (Å²) in [6.45, 7) is 2.51. The molecule has 0 aliphatic heterocycles. The van der Waals surface area contributed by atoms with E-state index in [1.54, 1.807) is 12.1 Å². The van der Waals surface area contributed by atoms with Crippen LogP contribution in [0.15, 0.2) is 42.5 Å². The maximum Gasteiger partial charge on any atom is 0.141 e. The minimum absolute atomic E-state index is 0.117. The first-order valence-corrected chi connectivity index (χ1v) is 7.35. The zero-order valence-electron chi connectivity index (χ0n) is 12.2. The number of hydrogen-bond donors (Lipinski definition) is 1.